The lowest BCUT2D eigenvalue weighted by molar-refractivity contribution is -0.142. The van der Waals surface area contributed by atoms with Crippen LogP contribution in [0.1, 0.15) is 20.8 Å². The number of hydrogen-bond donors (Lipinski definition) is 1. The quantitative estimate of drug-likeness (QED) is 0.780. The molecule has 0 aromatic rings. The summed E-state index contributed by atoms with van der Waals surface area (Å²) in [5, 5.41) is 9.01. The van der Waals surface area contributed by atoms with Crippen molar-refractivity contribution in [2.75, 3.05) is 26.7 Å². The van der Waals surface area contributed by atoms with E-state index in [2.05, 4.69) is 0 Å². The summed E-state index contributed by atoms with van der Waals surface area (Å²) in [6.45, 7) is 7.34. The number of carboxylic acid groups (broad SMARTS) is 1. The number of amides is 1. The number of carbonyl (C=O) groups excluding carboxylic acids is 1. The second-order valence-corrected chi connectivity index (χ2v) is 5.21. The van der Waals surface area contributed by atoms with Crippen LogP contribution in [0.15, 0.2) is 0 Å². The van der Waals surface area contributed by atoms with Crippen molar-refractivity contribution < 1.29 is 14.7 Å². The Morgan fingerprint density at radius 2 is 2.00 bits per heavy atom. The number of hydrogen-bond acceptors (Lipinski definition) is 3. The summed E-state index contributed by atoms with van der Waals surface area (Å²) in [7, 11) is 1.78. The summed E-state index contributed by atoms with van der Waals surface area (Å²) in [6, 6.07) is 0.179. The van der Waals surface area contributed by atoms with Crippen molar-refractivity contribution in [3.05, 3.63) is 0 Å². The zero-order valence-electron chi connectivity index (χ0n) is 11.0. The van der Waals surface area contributed by atoms with Gasteiger partial charge in [0.1, 0.15) is 0 Å². The molecule has 5 heteroatoms. The third kappa shape index (κ3) is 3.43. The molecule has 1 fully saturated rings. The highest BCUT2D eigenvalue weighted by atomic mass is 16.4. The molecule has 1 saturated heterocycles. The Labute approximate surface area is 102 Å². The highest BCUT2D eigenvalue weighted by Gasteiger charge is 2.35. The predicted octanol–water partition coefficient (Wildman–Crippen LogP) is 0.506. The fraction of sp³-hybridized carbons (Fsp3) is 0.833. The lowest BCUT2D eigenvalue weighted by atomic mass is 9.99. The molecule has 0 aromatic carbocycles. The van der Waals surface area contributed by atoms with E-state index in [1.807, 2.05) is 25.7 Å². The smallest absolute Gasteiger partial charge is 0.308 e. The SMILES string of the molecule is CC(C)N(C)C(=O)CN1C[C@@H](C)[C@H](C(=O)O)C1. The molecular weight excluding hydrogens is 220 g/mol. The van der Waals surface area contributed by atoms with Crippen molar-refractivity contribution in [1.29, 1.82) is 0 Å². The number of carbonyl (C=O) groups is 2. The summed E-state index contributed by atoms with van der Waals surface area (Å²) < 4.78 is 0. The Bertz CT molecular complexity index is 304. The second-order valence-electron chi connectivity index (χ2n) is 5.21. The third-order valence-corrected chi connectivity index (χ3v) is 3.53. The molecule has 1 aliphatic heterocycles. The van der Waals surface area contributed by atoms with Crippen molar-refractivity contribution in [2.45, 2.75) is 26.8 Å². The molecule has 17 heavy (non-hydrogen) atoms. The van der Waals surface area contributed by atoms with Gasteiger partial charge >= 0.3 is 5.97 Å². The van der Waals surface area contributed by atoms with Crippen LogP contribution < -0.4 is 0 Å². The molecule has 0 saturated carbocycles. The predicted molar refractivity (Wildman–Crippen MR) is 64.6 cm³/mol. The van der Waals surface area contributed by atoms with Crippen molar-refractivity contribution in [2.24, 2.45) is 11.8 Å². The molecule has 5 nitrogen and oxygen atoms in total. The first-order chi connectivity index (χ1) is 7.82. The minimum atomic E-state index is -0.760. The molecule has 2 atom stereocenters. The van der Waals surface area contributed by atoms with Gasteiger partial charge in [0, 0.05) is 26.2 Å². The van der Waals surface area contributed by atoms with Gasteiger partial charge in [-0.15, -0.1) is 0 Å². The van der Waals surface area contributed by atoms with Gasteiger partial charge in [0.25, 0.3) is 0 Å². The molecule has 1 heterocycles. The molecule has 98 valence electrons. The van der Waals surface area contributed by atoms with Crippen LogP contribution in [0.3, 0.4) is 0 Å². The van der Waals surface area contributed by atoms with E-state index in [1.165, 1.54) is 0 Å². The molecule has 0 unspecified atom stereocenters. The molecular formula is C12H22N2O3. The lowest BCUT2D eigenvalue weighted by Crippen LogP contribution is -2.41. The van der Waals surface area contributed by atoms with Gasteiger partial charge in [0.2, 0.25) is 5.91 Å². The maximum absolute atomic E-state index is 11.9. The van der Waals surface area contributed by atoms with E-state index in [1.54, 1.807) is 11.9 Å². The summed E-state index contributed by atoms with van der Waals surface area (Å²) in [5.41, 5.74) is 0. The van der Waals surface area contributed by atoms with Crippen LogP contribution in [0.5, 0.6) is 0 Å². The standard InChI is InChI=1S/C12H22N2O3/c1-8(2)13(4)11(15)7-14-5-9(3)10(6-14)12(16)17/h8-10H,5-7H2,1-4H3,(H,16,17)/t9-,10-/m1/s1. The average Bonchev–Trinajstić information content (AvgIpc) is 2.58. The summed E-state index contributed by atoms with van der Waals surface area (Å²) in [4.78, 5) is 26.5. The van der Waals surface area contributed by atoms with Crippen LogP contribution >= 0.6 is 0 Å². The van der Waals surface area contributed by atoms with Gasteiger partial charge < -0.3 is 10.0 Å². The van der Waals surface area contributed by atoms with E-state index in [0.29, 0.717) is 19.6 Å². The molecule has 1 amide bonds. The molecule has 0 bridgehead atoms. The van der Waals surface area contributed by atoms with Gasteiger partial charge in [-0.2, -0.15) is 0 Å². The van der Waals surface area contributed by atoms with Gasteiger partial charge in [-0.1, -0.05) is 6.92 Å². The molecule has 1 rings (SSSR count). The first-order valence-corrected chi connectivity index (χ1v) is 6.03. The summed E-state index contributed by atoms with van der Waals surface area (Å²) >= 11 is 0. The number of likely N-dealkylation sites (tertiary alicyclic amines) is 1. The number of carboxylic acids is 1. The topological polar surface area (TPSA) is 60.9 Å². The molecule has 0 aliphatic carbocycles. The van der Waals surface area contributed by atoms with Crippen LogP contribution in [-0.2, 0) is 9.59 Å². The Morgan fingerprint density at radius 3 is 2.41 bits per heavy atom. The minimum Gasteiger partial charge on any atom is -0.481 e. The first-order valence-electron chi connectivity index (χ1n) is 6.03. The Balaban J connectivity index is 2.50. The number of rotatable bonds is 4. The third-order valence-electron chi connectivity index (χ3n) is 3.53. The number of nitrogens with zero attached hydrogens (tertiary/aromatic N) is 2. The fourth-order valence-electron chi connectivity index (χ4n) is 2.11. The van der Waals surface area contributed by atoms with Gasteiger partial charge in [-0.25, -0.2) is 0 Å². The maximum Gasteiger partial charge on any atom is 0.308 e. The van der Waals surface area contributed by atoms with Crippen molar-refractivity contribution in [1.82, 2.24) is 9.80 Å². The van der Waals surface area contributed by atoms with Crippen LogP contribution in [0.4, 0.5) is 0 Å². The van der Waals surface area contributed by atoms with Gasteiger partial charge in [0.15, 0.2) is 0 Å². The lowest BCUT2D eigenvalue weighted by Gasteiger charge is -2.24. The van der Waals surface area contributed by atoms with Crippen molar-refractivity contribution in [3.63, 3.8) is 0 Å². The van der Waals surface area contributed by atoms with E-state index < -0.39 is 5.97 Å². The Hall–Kier alpha value is -1.10. The highest BCUT2D eigenvalue weighted by Crippen LogP contribution is 2.22. The zero-order valence-corrected chi connectivity index (χ0v) is 11.0. The molecule has 0 aromatic heterocycles. The normalized spacial score (nSPS) is 25.2. The van der Waals surface area contributed by atoms with Crippen LogP contribution in [0, 0.1) is 11.8 Å². The van der Waals surface area contributed by atoms with E-state index in [-0.39, 0.29) is 23.8 Å². The van der Waals surface area contributed by atoms with Gasteiger partial charge in [0.05, 0.1) is 12.5 Å². The maximum atomic E-state index is 11.9. The highest BCUT2D eigenvalue weighted by molar-refractivity contribution is 5.78. The first kappa shape index (κ1) is 14.0. The van der Waals surface area contributed by atoms with Crippen molar-refractivity contribution >= 4 is 11.9 Å². The Morgan fingerprint density at radius 1 is 1.41 bits per heavy atom. The average molecular weight is 242 g/mol. The number of likely N-dealkylation sites (N-methyl/N-ethyl adjacent to an activating group) is 1. The summed E-state index contributed by atoms with van der Waals surface area (Å²) in [6.07, 6.45) is 0. The summed E-state index contributed by atoms with van der Waals surface area (Å²) in [5.74, 6) is -0.931. The molecule has 1 aliphatic rings. The van der Waals surface area contributed by atoms with Crippen LogP contribution in [0.2, 0.25) is 0 Å². The van der Waals surface area contributed by atoms with E-state index in [4.69, 9.17) is 5.11 Å². The minimum absolute atomic E-state index is 0.0539. The van der Waals surface area contributed by atoms with Gasteiger partial charge in [-0.05, 0) is 19.8 Å². The van der Waals surface area contributed by atoms with Gasteiger partial charge in [-0.3, -0.25) is 14.5 Å². The zero-order chi connectivity index (χ0) is 13.2. The van der Waals surface area contributed by atoms with E-state index in [0.717, 1.165) is 0 Å². The molecule has 1 N–H and O–H groups in total. The van der Waals surface area contributed by atoms with E-state index in [9.17, 15) is 9.59 Å². The van der Waals surface area contributed by atoms with Crippen LogP contribution in [-0.4, -0.2) is 59.5 Å². The molecule has 0 spiro atoms. The van der Waals surface area contributed by atoms with Crippen LogP contribution in [0.25, 0.3) is 0 Å². The Kier molecular flexibility index (Phi) is 4.51. The number of aliphatic carboxylic acids is 1. The van der Waals surface area contributed by atoms with Crippen molar-refractivity contribution in [3.8, 4) is 0 Å². The second kappa shape index (κ2) is 5.49. The monoisotopic (exact) mass is 242 g/mol. The van der Waals surface area contributed by atoms with E-state index >= 15 is 0 Å². The molecule has 0 radical (unpaired) electrons. The largest absolute Gasteiger partial charge is 0.481 e. The fourth-order valence-corrected chi connectivity index (χ4v) is 2.11.